The number of anilines is 1. The number of nitrogens with zero attached hydrogens (tertiary/aromatic N) is 1. The van der Waals surface area contributed by atoms with Crippen molar-refractivity contribution in [2.24, 2.45) is 0 Å². The summed E-state index contributed by atoms with van der Waals surface area (Å²) in [6.45, 7) is 4.04. The minimum Gasteiger partial charge on any atom is -0.347 e. The molecule has 0 bridgehead atoms. The molecule has 0 unspecified atom stereocenters. The van der Waals surface area contributed by atoms with Crippen LogP contribution in [0.15, 0.2) is 72.8 Å². The first-order valence-electron chi connectivity index (χ1n) is 10.3. The van der Waals surface area contributed by atoms with Crippen molar-refractivity contribution in [1.82, 2.24) is 5.32 Å². The summed E-state index contributed by atoms with van der Waals surface area (Å²) >= 11 is 12.1. The van der Waals surface area contributed by atoms with Gasteiger partial charge in [0.05, 0.1) is 18.5 Å². The van der Waals surface area contributed by atoms with Gasteiger partial charge in [-0.1, -0.05) is 65.7 Å². The van der Waals surface area contributed by atoms with Crippen LogP contribution >= 0.6 is 23.2 Å². The summed E-state index contributed by atoms with van der Waals surface area (Å²) < 4.78 is 26.1. The number of amides is 1. The predicted octanol–water partition coefficient (Wildman–Crippen LogP) is 5.71. The fourth-order valence-electron chi connectivity index (χ4n) is 3.54. The molecule has 1 N–H and O–H groups in total. The first-order chi connectivity index (χ1) is 15.4. The van der Waals surface area contributed by atoms with Gasteiger partial charge in [0, 0.05) is 21.1 Å². The van der Waals surface area contributed by atoms with Crippen LogP contribution in [0.1, 0.15) is 35.3 Å². The fourth-order valence-corrected chi connectivity index (χ4v) is 4.93. The zero-order valence-electron chi connectivity index (χ0n) is 18.7. The molecule has 0 aliphatic heterocycles. The van der Waals surface area contributed by atoms with Crippen molar-refractivity contribution < 1.29 is 13.2 Å². The lowest BCUT2D eigenvalue weighted by Crippen LogP contribution is -2.45. The molecule has 3 aromatic carbocycles. The number of benzene rings is 3. The second-order valence-electron chi connectivity index (χ2n) is 8.59. The average Bonchev–Trinajstić information content (AvgIpc) is 2.71. The summed E-state index contributed by atoms with van der Waals surface area (Å²) in [6.07, 6.45) is 1.82. The number of sulfonamides is 1. The third kappa shape index (κ3) is 7.22. The normalized spacial score (nSPS) is 11.8. The molecule has 0 aliphatic carbocycles. The number of carbonyl (C=O) groups excluding carboxylic acids is 1. The smallest absolute Gasteiger partial charge is 0.251 e. The van der Waals surface area contributed by atoms with Crippen LogP contribution in [0.25, 0.3) is 0 Å². The summed E-state index contributed by atoms with van der Waals surface area (Å²) in [5.74, 6) is -0.191. The summed E-state index contributed by atoms with van der Waals surface area (Å²) in [6, 6.07) is 21.5. The zero-order chi connectivity index (χ0) is 24.2. The number of halogens is 2. The van der Waals surface area contributed by atoms with Gasteiger partial charge in [-0.05, 0) is 61.7 Å². The van der Waals surface area contributed by atoms with Crippen LogP contribution in [0.2, 0.25) is 10.0 Å². The van der Waals surface area contributed by atoms with E-state index in [-0.39, 0.29) is 12.5 Å². The van der Waals surface area contributed by atoms with Crippen molar-refractivity contribution in [1.29, 1.82) is 0 Å². The zero-order valence-corrected chi connectivity index (χ0v) is 21.0. The van der Waals surface area contributed by atoms with E-state index in [0.717, 1.165) is 17.4 Å². The molecule has 0 radical (unpaired) electrons. The van der Waals surface area contributed by atoms with Crippen LogP contribution in [-0.4, -0.2) is 26.1 Å². The van der Waals surface area contributed by atoms with Gasteiger partial charge in [-0.3, -0.25) is 9.10 Å². The van der Waals surface area contributed by atoms with Gasteiger partial charge >= 0.3 is 0 Å². The molecule has 0 spiro atoms. The van der Waals surface area contributed by atoms with E-state index in [9.17, 15) is 13.2 Å². The lowest BCUT2D eigenvalue weighted by atomic mass is 9.94. The van der Waals surface area contributed by atoms with Gasteiger partial charge in [0.2, 0.25) is 10.0 Å². The highest BCUT2D eigenvalue weighted by molar-refractivity contribution is 7.92. The van der Waals surface area contributed by atoms with E-state index in [1.54, 1.807) is 42.5 Å². The Morgan fingerprint density at radius 3 is 2.03 bits per heavy atom. The molecule has 3 aromatic rings. The molecule has 33 heavy (non-hydrogen) atoms. The quantitative estimate of drug-likeness (QED) is 0.427. The topological polar surface area (TPSA) is 66.5 Å². The van der Waals surface area contributed by atoms with Gasteiger partial charge in [-0.15, -0.1) is 0 Å². The van der Waals surface area contributed by atoms with Crippen molar-refractivity contribution in [3.05, 3.63) is 99.5 Å². The number of nitrogens with one attached hydrogen (secondary N) is 1. The van der Waals surface area contributed by atoms with E-state index >= 15 is 0 Å². The third-order valence-electron chi connectivity index (χ3n) is 5.02. The van der Waals surface area contributed by atoms with Crippen LogP contribution in [-0.2, 0) is 23.0 Å². The second-order valence-corrected chi connectivity index (χ2v) is 11.4. The fraction of sp³-hybridized carbons (Fsp3) is 0.240. The molecule has 0 aromatic heterocycles. The Kier molecular flexibility index (Phi) is 7.73. The molecule has 5 nitrogen and oxygen atoms in total. The Morgan fingerprint density at radius 1 is 0.909 bits per heavy atom. The van der Waals surface area contributed by atoms with Crippen molar-refractivity contribution in [3.63, 3.8) is 0 Å². The van der Waals surface area contributed by atoms with Gasteiger partial charge in [0.1, 0.15) is 0 Å². The molecule has 0 atom stereocenters. The third-order valence-corrected chi connectivity index (χ3v) is 6.60. The minimum atomic E-state index is -3.59. The van der Waals surface area contributed by atoms with E-state index in [1.165, 1.54) is 4.31 Å². The van der Waals surface area contributed by atoms with Gasteiger partial charge in [-0.2, -0.15) is 0 Å². The van der Waals surface area contributed by atoms with Crippen molar-refractivity contribution in [3.8, 4) is 0 Å². The van der Waals surface area contributed by atoms with Crippen LogP contribution in [0, 0.1) is 0 Å². The molecule has 0 saturated carbocycles. The first-order valence-corrected chi connectivity index (χ1v) is 12.9. The standard InChI is InChI=1S/C25H26Cl2N2O3S/c1-25(2,16-18-7-5-4-6-8-18)28-24(30)20-11-9-19(10-12-20)17-29(33(3,31)32)23-14-21(26)13-22(27)15-23/h4-15H,16-17H2,1-3H3,(H,28,30). The predicted molar refractivity (Wildman–Crippen MR) is 136 cm³/mol. The molecular formula is C25H26Cl2N2O3S. The first kappa shape index (κ1) is 25.1. The van der Waals surface area contributed by atoms with E-state index < -0.39 is 15.6 Å². The molecule has 0 saturated heterocycles. The molecule has 0 fully saturated rings. The molecule has 0 heterocycles. The van der Waals surface area contributed by atoms with Crippen LogP contribution < -0.4 is 9.62 Å². The summed E-state index contributed by atoms with van der Waals surface area (Å²) in [7, 11) is -3.59. The van der Waals surface area contributed by atoms with Gasteiger partial charge in [-0.25, -0.2) is 8.42 Å². The lowest BCUT2D eigenvalue weighted by molar-refractivity contribution is 0.0913. The Bertz CT molecular complexity index is 1210. The Hall–Kier alpha value is -2.54. The van der Waals surface area contributed by atoms with Gasteiger partial charge in [0.15, 0.2) is 0 Å². The van der Waals surface area contributed by atoms with Crippen molar-refractivity contribution in [2.45, 2.75) is 32.4 Å². The van der Waals surface area contributed by atoms with E-state index in [1.807, 2.05) is 44.2 Å². The SMILES string of the molecule is CC(C)(Cc1ccccc1)NC(=O)c1ccc(CN(c2cc(Cl)cc(Cl)c2)S(C)(=O)=O)cc1. The Balaban J connectivity index is 1.73. The van der Waals surface area contributed by atoms with E-state index in [4.69, 9.17) is 23.2 Å². The van der Waals surface area contributed by atoms with Crippen molar-refractivity contribution in [2.75, 3.05) is 10.6 Å². The summed E-state index contributed by atoms with van der Waals surface area (Å²) in [4.78, 5) is 12.8. The lowest BCUT2D eigenvalue weighted by Gasteiger charge is -2.27. The largest absolute Gasteiger partial charge is 0.347 e. The van der Waals surface area contributed by atoms with Crippen LogP contribution in [0.5, 0.6) is 0 Å². The minimum absolute atomic E-state index is 0.0803. The monoisotopic (exact) mass is 504 g/mol. The van der Waals surface area contributed by atoms with Gasteiger partial charge in [0.25, 0.3) is 5.91 Å². The average molecular weight is 505 g/mol. The van der Waals surface area contributed by atoms with E-state index in [0.29, 0.717) is 27.7 Å². The Labute approximate surface area is 205 Å². The summed E-state index contributed by atoms with van der Waals surface area (Å²) in [5, 5.41) is 3.76. The number of rotatable bonds is 8. The molecule has 0 aliphatic rings. The maximum Gasteiger partial charge on any atom is 0.251 e. The van der Waals surface area contributed by atoms with Crippen molar-refractivity contribution >= 4 is 44.8 Å². The van der Waals surface area contributed by atoms with Gasteiger partial charge < -0.3 is 5.32 Å². The Morgan fingerprint density at radius 2 is 1.48 bits per heavy atom. The summed E-state index contributed by atoms with van der Waals surface area (Å²) in [5.41, 5.74) is 2.29. The number of carbonyl (C=O) groups is 1. The molecule has 174 valence electrons. The molecule has 3 rings (SSSR count). The van der Waals surface area contributed by atoms with E-state index in [2.05, 4.69) is 5.32 Å². The maximum atomic E-state index is 12.8. The highest BCUT2D eigenvalue weighted by atomic mass is 35.5. The highest BCUT2D eigenvalue weighted by Gasteiger charge is 2.22. The second kappa shape index (κ2) is 10.2. The van der Waals surface area contributed by atoms with Crippen LogP contribution in [0.4, 0.5) is 5.69 Å². The maximum absolute atomic E-state index is 12.8. The van der Waals surface area contributed by atoms with Crippen LogP contribution in [0.3, 0.4) is 0 Å². The number of hydrogen-bond donors (Lipinski definition) is 1. The molecule has 8 heteroatoms. The molecule has 1 amide bonds. The highest BCUT2D eigenvalue weighted by Crippen LogP contribution is 2.28. The molecular weight excluding hydrogens is 479 g/mol. The number of hydrogen-bond acceptors (Lipinski definition) is 3.